The molecule has 1 N–H and O–H groups in total. The number of nitriles is 1. The molecule has 0 heterocycles. The van der Waals surface area contributed by atoms with E-state index in [1.807, 2.05) is 6.07 Å². The number of carbonyl (C=O) groups excluding carboxylic acids is 2. The van der Waals surface area contributed by atoms with Crippen molar-refractivity contribution in [2.75, 3.05) is 19.5 Å². The largest absolute Gasteiger partial charge is 0.497 e. The number of amides is 1. The molecule has 0 radical (unpaired) electrons. The van der Waals surface area contributed by atoms with Gasteiger partial charge in [-0.25, -0.2) is 4.79 Å². The second kappa shape index (κ2) is 8.53. The van der Waals surface area contributed by atoms with Gasteiger partial charge in [-0.1, -0.05) is 12.1 Å². The average molecular weight is 354 g/mol. The van der Waals surface area contributed by atoms with Crippen LogP contribution in [0.1, 0.15) is 22.8 Å². The van der Waals surface area contributed by atoms with E-state index >= 15 is 0 Å². The van der Waals surface area contributed by atoms with Crippen LogP contribution in [0.5, 0.6) is 11.5 Å². The Bertz CT molecular complexity index is 857. The second-order valence-corrected chi connectivity index (χ2v) is 5.26. The molecule has 0 aliphatic heterocycles. The number of para-hydroxylation sites is 1. The Morgan fingerprint density at radius 3 is 2.54 bits per heavy atom. The van der Waals surface area contributed by atoms with E-state index in [1.165, 1.54) is 20.3 Å². The molecule has 0 aromatic heterocycles. The number of hydrogen-bond acceptors (Lipinski definition) is 6. The van der Waals surface area contributed by atoms with Crippen molar-refractivity contribution < 1.29 is 23.8 Å². The molecule has 0 spiro atoms. The lowest BCUT2D eigenvalue weighted by molar-refractivity contribution is -0.122. The van der Waals surface area contributed by atoms with E-state index in [-0.39, 0.29) is 11.3 Å². The number of methoxy groups -OCH3 is 2. The Hall–Kier alpha value is -3.53. The number of esters is 1. The first-order chi connectivity index (χ1) is 12.5. The van der Waals surface area contributed by atoms with Crippen LogP contribution in [0, 0.1) is 11.3 Å². The number of nitrogens with one attached hydrogen (secondary N) is 1. The van der Waals surface area contributed by atoms with Gasteiger partial charge >= 0.3 is 5.97 Å². The summed E-state index contributed by atoms with van der Waals surface area (Å²) in [5, 5.41) is 11.7. The van der Waals surface area contributed by atoms with Crippen molar-refractivity contribution in [3.8, 4) is 17.6 Å². The van der Waals surface area contributed by atoms with E-state index in [0.29, 0.717) is 17.1 Å². The summed E-state index contributed by atoms with van der Waals surface area (Å²) in [4.78, 5) is 24.4. The summed E-state index contributed by atoms with van der Waals surface area (Å²) in [7, 11) is 2.72. The van der Waals surface area contributed by atoms with Gasteiger partial charge in [-0.05, 0) is 37.3 Å². The Balaban J connectivity index is 2.19. The van der Waals surface area contributed by atoms with Crippen LogP contribution in [-0.4, -0.2) is 32.2 Å². The summed E-state index contributed by atoms with van der Waals surface area (Å²) in [5.74, 6) is -0.327. The first-order valence-electron chi connectivity index (χ1n) is 7.73. The van der Waals surface area contributed by atoms with Crippen LogP contribution < -0.4 is 14.8 Å². The van der Waals surface area contributed by atoms with E-state index in [0.717, 1.165) is 0 Å². The zero-order valence-electron chi connectivity index (χ0n) is 14.6. The highest BCUT2D eigenvalue weighted by molar-refractivity contribution is 6.02. The van der Waals surface area contributed by atoms with Crippen molar-refractivity contribution >= 4 is 17.6 Å². The lowest BCUT2D eigenvalue weighted by atomic mass is 10.1. The van der Waals surface area contributed by atoms with Gasteiger partial charge in [0.05, 0.1) is 31.0 Å². The molecular weight excluding hydrogens is 336 g/mol. The minimum atomic E-state index is -0.892. The van der Waals surface area contributed by atoms with Gasteiger partial charge in [0.2, 0.25) is 0 Å². The third-order valence-corrected chi connectivity index (χ3v) is 3.57. The van der Waals surface area contributed by atoms with Crippen LogP contribution in [0.15, 0.2) is 42.5 Å². The quantitative estimate of drug-likeness (QED) is 0.801. The Morgan fingerprint density at radius 2 is 1.88 bits per heavy atom. The highest BCUT2D eigenvalue weighted by Crippen LogP contribution is 2.24. The number of ether oxygens (including phenoxy) is 3. The van der Waals surface area contributed by atoms with Crippen molar-refractivity contribution in [3.05, 3.63) is 53.6 Å². The van der Waals surface area contributed by atoms with E-state index in [1.54, 1.807) is 43.3 Å². The molecule has 134 valence electrons. The van der Waals surface area contributed by atoms with Crippen molar-refractivity contribution in [1.82, 2.24) is 0 Å². The summed E-state index contributed by atoms with van der Waals surface area (Å²) in [6.45, 7) is 1.55. The van der Waals surface area contributed by atoms with Crippen molar-refractivity contribution in [2.45, 2.75) is 13.0 Å². The molecule has 1 unspecified atom stereocenters. The summed E-state index contributed by atoms with van der Waals surface area (Å²) >= 11 is 0. The van der Waals surface area contributed by atoms with Gasteiger partial charge in [0.25, 0.3) is 5.91 Å². The molecule has 1 atom stereocenters. The first kappa shape index (κ1) is 18.8. The molecule has 7 nitrogen and oxygen atoms in total. The maximum absolute atomic E-state index is 12.4. The first-order valence-corrected chi connectivity index (χ1v) is 7.73. The van der Waals surface area contributed by atoms with E-state index in [9.17, 15) is 9.59 Å². The number of nitrogens with zero attached hydrogens (tertiary/aromatic N) is 1. The lowest BCUT2D eigenvalue weighted by Gasteiger charge is -2.17. The van der Waals surface area contributed by atoms with Gasteiger partial charge in [0.1, 0.15) is 17.6 Å². The molecule has 2 rings (SSSR count). The van der Waals surface area contributed by atoms with Gasteiger partial charge in [-0.2, -0.15) is 5.26 Å². The normalized spacial score (nSPS) is 11.0. The van der Waals surface area contributed by atoms with Crippen LogP contribution in [0.2, 0.25) is 0 Å². The third-order valence-electron chi connectivity index (χ3n) is 3.57. The molecule has 0 bridgehead atoms. The zero-order chi connectivity index (χ0) is 19.1. The highest BCUT2D eigenvalue weighted by atomic mass is 16.5. The second-order valence-electron chi connectivity index (χ2n) is 5.26. The lowest BCUT2D eigenvalue weighted by Crippen LogP contribution is -2.31. The van der Waals surface area contributed by atoms with Gasteiger partial charge in [0, 0.05) is 0 Å². The number of carbonyl (C=O) groups is 2. The number of hydrogen-bond donors (Lipinski definition) is 1. The maximum Gasteiger partial charge on any atom is 0.340 e. The third kappa shape index (κ3) is 4.30. The van der Waals surface area contributed by atoms with Crippen LogP contribution in [-0.2, 0) is 9.53 Å². The monoisotopic (exact) mass is 354 g/mol. The molecule has 0 fully saturated rings. The molecule has 1 amide bonds. The molecule has 2 aromatic carbocycles. The summed E-state index contributed by atoms with van der Waals surface area (Å²) in [5.41, 5.74) is 0.753. The number of benzene rings is 2. The predicted molar refractivity (Wildman–Crippen MR) is 94.2 cm³/mol. The zero-order valence-corrected chi connectivity index (χ0v) is 14.6. The van der Waals surface area contributed by atoms with Crippen LogP contribution in [0.4, 0.5) is 5.69 Å². The van der Waals surface area contributed by atoms with Crippen molar-refractivity contribution in [1.29, 1.82) is 5.26 Å². The SMILES string of the molecule is COC(=O)c1cc(OC)ccc1NC(=O)C(C)Oc1ccccc1C#N. The fraction of sp³-hybridized carbons (Fsp3) is 0.211. The van der Waals surface area contributed by atoms with E-state index < -0.39 is 18.0 Å². The Kier molecular flexibility index (Phi) is 6.17. The maximum atomic E-state index is 12.4. The summed E-state index contributed by atoms with van der Waals surface area (Å²) in [6, 6.07) is 13.2. The predicted octanol–water partition coefficient (Wildman–Crippen LogP) is 2.76. The summed E-state index contributed by atoms with van der Waals surface area (Å²) in [6.07, 6.45) is -0.892. The van der Waals surface area contributed by atoms with Crippen LogP contribution in [0.25, 0.3) is 0 Å². The van der Waals surface area contributed by atoms with Crippen LogP contribution in [0.3, 0.4) is 0 Å². The average Bonchev–Trinajstić information content (AvgIpc) is 2.67. The smallest absolute Gasteiger partial charge is 0.340 e. The molecule has 0 saturated carbocycles. The minimum Gasteiger partial charge on any atom is -0.497 e. The standard InChI is InChI=1S/C19H18N2O5/c1-12(26-17-7-5-4-6-13(17)11-20)18(22)21-16-9-8-14(24-2)10-15(16)19(23)25-3/h4-10,12H,1-3H3,(H,21,22). The van der Waals surface area contributed by atoms with Crippen LogP contribution >= 0.6 is 0 Å². The molecule has 0 aliphatic carbocycles. The number of anilines is 1. The Morgan fingerprint density at radius 1 is 1.15 bits per heavy atom. The molecule has 0 saturated heterocycles. The highest BCUT2D eigenvalue weighted by Gasteiger charge is 2.20. The van der Waals surface area contributed by atoms with E-state index in [4.69, 9.17) is 19.5 Å². The van der Waals surface area contributed by atoms with Crippen molar-refractivity contribution in [2.24, 2.45) is 0 Å². The molecular formula is C19H18N2O5. The summed E-state index contributed by atoms with van der Waals surface area (Å²) < 4.78 is 15.4. The fourth-order valence-corrected chi connectivity index (χ4v) is 2.18. The fourth-order valence-electron chi connectivity index (χ4n) is 2.18. The molecule has 0 aliphatic rings. The topological polar surface area (TPSA) is 97.7 Å². The van der Waals surface area contributed by atoms with Gasteiger partial charge in [-0.15, -0.1) is 0 Å². The minimum absolute atomic E-state index is 0.157. The van der Waals surface area contributed by atoms with Gasteiger partial charge in [0.15, 0.2) is 6.10 Å². The van der Waals surface area contributed by atoms with Crippen molar-refractivity contribution in [3.63, 3.8) is 0 Å². The van der Waals surface area contributed by atoms with E-state index in [2.05, 4.69) is 5.32 Å². The van der Waals surface area contributed by atoms with Gasteiger partial charge in [-0.3, -0.25) is 4.79 Å². The number of rotatable bonds is 6. The molecule has 2 aromatic rings. The van der Waals surface area contributed by atoms with Gasteiger partial charge < -0.3 is 19.5 Å². The molecule has 7 heteroatoms. The molecule has 26 heavy (non-hydrogen) atoms. The Labute approximate surface area is 151 Å².